The van der Waals surface area contributed by atoms with Gasteiger partial charge in [-0.05, 0) is 18.6 Å². The van der Waals surface area contributed by atoms with Crippen molar-refractivity contribution in [3.05, 3.63) is 0 Å². The van der Waals surface area contributed by atoms with E-state index in [1.807, 2.05) is 18.7 Å². The summed E-state index contributed by atoms with van der Waals surface area (Å²) in [4.78, 5) is 12.5. The molecule has 0 aromatic heterocycles. The predicted octanol–water partition coefficient (Wildman–Crippen LogP) is 15.0. The van der Waals surface area contributed by atoms with Crippen LogP contribution < -0.4 is 5.32 Å². The fraction of sp³-hybridized carbons (Fsp3) is 0.951. The van der Waals surface area contributed by atoms with Crippen LogP contribution in [-0.4, -0.2) is 27.5 Å². The Morgan fingerprint density at radius 1 is 0.478 bits per heavy atom. The third kappa shape index (κ3) is 37.1. The Bertz CT molecular complexity index is 629. The summed E-state index contributed by atoms with van der Waals surface area (Å²) in [5.41, 5.74) is 0. The molecule has 5 heteroatoms. The molecule has 0 aliphatic rings. The first-order valence-corrected chi connectivity index (χ1v) is 23.1. The van der Waals surface area contributed by atoms with E-state index in [4.69, 9.17) is 12.2 Å². The molecular weight excluding hydrogens is 619 g/mol. The topological polar surface area (TPSA) is 29.1 Å². The second kappa shape index (κ2) is 39.7. The fourth-order valence-electron chi connectivity index (χ4n) is 6.17. The van der Waals surface area contributed by atoms with Crippen molar-refractivity contribution in [1.29, 1.82) is 0 Å². The summed E-state index contributed by atoms with van der Waals surface area (Å²) in [5, 5.41) is 3.16. The Balaban J connectivity index is 3.37. The summed E-state index contributed by atoms with van der Waals surface area (Å²) < 4.78 is 1.01. The van der Waals surface area contributed by atoms with Gasteiger partial charge >= 0.3 is 0 Å². The van der Waals surface area contributed by atoms with Gasteiger partial charge in [-0.1, -0.05) is 226 Å². The minimum atomic E-state index is 0.0279. The zero-order chi connectivity index (χ0) is 33.6. The Labute approximate surface area is 304 Å². The number of hydrogen-bond acceptors (Lipinski definition) is 4. The first-order chi connectivity index (χ1) is 22.6. The zero-order valence-electron chi connectivity index (χ0n) is 31.5. The third-order valence-electron chi connectivity index (χ3n) is 9.45. The van der Waals surface area contributed by atoms with Gasteiger partial charge in [0.1, 0.15) is 3.53 Å². The first kappa shape index (κ1) is 46.3. The lowest BCUT2D eigenvalue weighted by atomic mass is 10.0. The number of rotatable bonds is 37. The van der Waals surface area contributed by atoms with Crippen LogP contribution in [0.3, 0.4) is 0 Å². The largest absolute Gasteiger partial charge is 0.356 e. The first-order valence-electron chi connectivity index (χ1n) is 20.7. The highest BCUT2D eigenvalue weighted by Gasteiger charge is 2.13. The zero-order valence-corrected chi connectivity index (χ0v) is 33.9. The van der Waals surface area contributed by atoms with Crippen LogP contribution >= 0.6 is 35.7 Å². The summed E-state index contributed by atoms with van der Waals surface area (Å²) in [6.07, 6.45) is 44.7. The van der Waals surface area contributed by atoms with Crippen LogP contribution in [-0.2, 0) is 4.79 Å². The van der Waals surface area contributed by atoms with Crippen molar-refractivity contribution in [3.63, 3.8) is 0 Å². The smallest absolute Gasteiger partial charge is 0.223 e. The molecular formula is C41H81NOS3. The summed E-state index contributed by atoms with van der Waals surface area (Å²) in [6.45, 7) is 7.45. The number of thiocarbonyl (C=S) groups is 1. The second-order valence-corrected chi connectivity index (χ2v) is 17.5. The molecule has 0 aliphatic carbocycles. The lowest BCUT2D eigenvalue weighted by Crippen LogP contribution is -2.31. The molecule has 274 valence electrons. The van der Waals surface area contributed by atoms with Gasteiger partial charge in [0.05, 0.1) is 0 Å². The molecule has 1 atom stereocenters. The van der Waals surface area contributed by atoms with E-state index in [1.165, 1.54) is 199 Å². The van der Waals surface area contributed by atoms with Gasteiger partial charge in [0, 0.05) is 18.2 Å². The monoisotopic (exact) mass is 700 g/mol. The molecule has 1 unspecified atom stereocenters. The maximum absolute atomic E-state index is 12.5. The molecule has 0 rings (SSSR count). The number of carbonyl (C=O) groups excluding carboxylic acids is 1. The van der Waals surface area contributed by atoms with E-state index >= 15 is 0 Å². The van der Waals surface area contributed by atoms with Crippen molar-refractivity contribution in [2.75, 3.05) is 18.1 Å². The minimum Gasteiger partial charge on any atom is -0.356 e. The van der Waals surface area contributed by atoms with Gasteiger partial charge in [-0.3, -0.25) is 4.79 Å². The van der Waals surface area contributed by atoms with Crippen LogP contribution in [0.2, 0.25) is 0 Å². The highest BCUT2D eigenvalue weighted by Crippen LogP contribution is 2.22. The predicted molar refractivity (Wildman–Crippen MR) is 219 cm³/mol. The number of carbonyl (C=O) groups is 1. The highest BCUT2D eigenvalue weighted by atomic mass is 32.2. The normalized spacial score (nSPS) is 12.1. The Kier molecular flexibility index (Phi) is 39.9. The van der Waals surface area contributed by atoms with Crippen LogP contribution in [0, 0.1) is 5.92 Å². The van der Waals surface area contributed by atoms with Gasteiger partial charge in [0.15, 0.2) is 0 Å². The molecule has 0 bridgehead atoms. The Morgan fingerprint density at radius 2 is 0.783 bits per heavy atom. The van der Waals surface area contributed by atoms with Crippen LogP contribution in [0.25, 0.3) is 0 Å². The number of amides is 1. The van der Waals surface area contributed by atoms with Crippen LogP contribution in [0.5, 0.6) is 0 Å². The van der Waals surface area contributed by atoms with Gasteiger partial charge in [0.25, 0.3) is 0 Å². The summed E-state index contributed by atoms with van der Waals surface area (Å²) in [7, 11) is 0. The number of thioether (sulfide) groups is 2. The Morgan fingerprint density at radius 3 is 1.13 bits per heavy atom. The molecule has 0 fully saturated rings. The Hall–Kier alpha value is 0.260. The maximum Gasteiger partial charge on any atom is 0.223 e. The van der Waals surface area contributed by atoms with E-state index in [1.54, 1.807) is 11.8 Å². The molecule has 46 heavy (non-hydrogen) atoms. The van der Waals surface area contributed by atoms with Gasteiger partial charge in [0.2, 0.25) is 5.91 Å². The van der Waals surface area contributed by atoms with Gasteiger partial charge in [-0.2, -0.15) is 0 Å². The molecule has 0 saturated carbocycles. The summed E-state index contributed by atoms with van der Waals surface area (Å²) in [5.74, 6) is 2.15. The molecule has 1 N–H and O–H groups in total. The van der Waals surface area contributed by atoms with E-state index in [-0.39, 0.29) is 11.8 Å². The molecule has 0 spiro atoms. The van der Waals surface area contributed by atoms with Crippen LogP contribution in [0.15, 0.2) is 0 Å². The molecule has 0 aromatic carbocycles. The average Bonchev–Trinajstić information content (AvgIpc) is 3.06. The average molecular weight is 700 g/mol. The van der Waals surface area contributed by atoms with Crippen molar-refractivity contribution in [3.8, 4) is 0 Å². The maximum atomic E-state index is 12.5. The van der Waals surface area contributed by atoms with E-state index in [0.29, 0.717) is 0 Å². The molecule has 0 saturated heterocycles. The van der Waals surface area contributed by atoms with E-state index in [9.17, 15) is 4.79 Å². The molecule has 0 aromatic rings. The van der Waals surface area contributed by atoms with E-state index in [2.05, 4.69) is 19.2 Å². The second-order valence-electron chi connectivity index (χ2n) is 14.2. The third-order valence-corrected chi connectivity index (χ3v) is 12.5. The van der Waals surface area contributed by atoms with Crippen molar-refractivity contribution in [2.45, 2.75) is 226 Å². The van der Waals surface area contributed by atoms with Crippen molar-refractivity contribution in [1.82, 2.24) is 5.32 Å². The molecule has 1 amide bonds. The van der Waals surface area contributed by atoms with Crippen molar-refractivity contribution in [2.24, 2.45) is 5.92 Å². The fourth-order valence-corrected chi connectivity index (χ4v) is 8.47. The SMILES string of the molecule is CCCCCCCCCCCCCCCCCCNC(=O)C(C)CSC(=S)SCCCCCCCCCCCCCCCCCC. The van der Waals surface area contributed by atoms with Crippen molar-refractivity contribution < 1.29 is 4.79 Å². The highest BCUT2D eigenvalue weighted by molar-refractivity contribution is 8.47. The quantitative estimate of drug-likeness (QED) is 0.0516. The number of hydrogen-bond donors (Lipinski definition) is 1. The molecule has 0 radical (unpaired) electrons. The van der Waals surface area contributed by atoms with Crippen LogP contribution in [0.4, 0.5) is 0 Å². The standard InChI is InChI=1S/C41H81NOS3/c1-4-6-8-10-12-14-16-18-20-22-24-26-28-30-32-34-36-42-40(43)39(3)38-46-41(44)45-37-35-33-31-29-27-25-23-21-19-17-15-13-11-9-7-5-2/h39H,4-38H2,1-3H3,(H,42,43). The number of nitrogens with one attached hydrogen (secondary N) is 1. The van der Waals surface area contributed by atoms with Crippen LogP contribution in [0.1, 0.15) is 226 Å². The van der Waals surface area contributed by atoms with E-state index in [0.717, 1.165) is 28.0 Å². The molecule has 2 nitrogen and oxygen atoms in total. The van der Waals surface area contributed by atoms with Gasteiger partial charge in [-0.15, -0.1) is 23.5 Å². The summed E-state index contributed by atoms with van der Waals surface area (Å²) in [6, 6.07) is 0. The minimum absolute atomic E-state index is 0.0279. The lowest BCUT2D eigenvalue weighted by molar-refractivity contribution is -0.123. The number of unbranched alkanes of at least 4 members (excludes halogenated alkanes) is 30. The molecule has 0 aliphatic heterocycles. The lowest BCUT2D eigenvalue weighted by Gasteiger charge is -2.12. The van der Waals surface area contributed by atoms with Crippen molar-refractivity contribution >= 4 is 45.2 Å². The molecule has 0 heterocycles. The van der Waals surface area contributed by atoms with Gasteiger partial charge < -0.3 is 5.32 Å². The van der Waals surface area contributed by atoms with E-state index < -0.39 is 0 Å². The summed E-state index contributed by atoms with van der Waals surface area (Å²) >= 11 is 9.10. The van der Waals surface area contributed by atoms with Gasteiger partial charge in [-0.25, -0.2) is 0 Å².